The first-order valence-corrected chi connectivity index (χ1v) is 10.2. The second kappa shape index (κ2) is 8.50. The highest BCUT2D eigenvalue weighted by atomic mass is 32.1. The predicted octanol–water partition coefficient (Wildman–Crippen LogP) is 3.93. The molecule has 27 heavy (non-hydrogen) atoms. The highest BCUT2D eigenvalue weighted by Gasteiger charge is 2.19. The van der Waals surface area contributed by atoms with Crippen molar-refractivity contribution in [2.24, 2.45) is 0 Å². The molecule has 1 aromatic carbocycles. The Kier molecular flexibility index (Phi) is 5.65. The molecule has 0 unspecified atom stereocenters. The Hall–Kier alpha value is -2.44. The summed E-state index contributed by atoms with van der Waals surface area (Å²) in [5, 5.41) is 3.29. The van der Waals surface area contributed by atoms with Gasteiger partial charge in [-0.15, -0.1) is 11.3 Å². The molecule has 0 atom stereocenters. The van der Waals surface area contributed by atoms with Crippen molar-refractivity contribution in [1.82, 2.24) is 14.9 Å². The van der Waals surface area contributed by atoms with Crippen molar-refractivity contribution >= 4 is 17.0 Å². The van der Waals surface area contributed by atoms with E-state index in [0.29, 0.717) is 0 Å². The van der Waals surface area contributed by atoms with E-state index in [0.717, 1.165) is 61.3 Å². The number of aromatic nitrogens is 2. The first-order chi connectivity index (χ1) is 13.3. The van der Waals surface area contributed by atoms with Crippen molar-refractivity contribution in [2.45, 2.75) is 13.0 Å². The molecule has 5 nitrogen and oxygen atoms in total. The monoisotopic (exact) mass is 380 g/mol. The number of anilines is 1. The second-order valence-electron chi connectivity index (χ2n) is 6.67. The number of rotatable bonds is 5. The van der Waals surface area contributed by atoms with Crippen LogP contribution in [0.25, 0.3) is 10.6 Å². The van der Waals surface area contributed by atoms with E-state index >= 15 is 0 Å². The minimum atomic E-state index is 0.894. The molecule has 6 heteroatoms. The number of ether oxygens (including phenoxy) is 1. The normalized spacial score (nSPS) is 15.5. The molecule has 0 N–H and O–H groups in total. The van der Waals surface area contributed by atoms with Crippen LogP contribution in [0, 0.1) is 0 Å². The molecule has 0 amide bonds. The molecule has 140 valence electrons. The van der Waals surface area contributed by atoms with Crippen LogP contribution < -0.4 is 9.64 Å². The van der Waals surface area contributed by atoms with Crippen LogP contribution in [0.1, 0.15) is 12.1 Å². The molecule has 2 aromatic heterocycles. The van der Waals surface area contributed by atoms with E-state index in [1.807, 2.05) is 18.3 Å². The lowest BCUT2D eigenvalue weighted by atomic mass is 10.2. The average Bonchev–Trinajstić information content (AvgIpc) is 3.07. The summed E-state index contributed by atoms with van der Waals surface area (Å²) >= 11 is 1.73. The van der Waals surface area contributed by atoms with Crippen molar-refractivity contribution in [3.8, 4) is 16.3 Å². The average molecular weight is 381 g/mol. The van der Waals surface area contributed by atoms with Gasteiger partial charge in [0, 0.05) is 55.9 Å². The Labute approximate surface area is 164 Å². The minimum Gasteiger partial charge on any atom is -0.494 e. The molecule has 3 aromatic rings. The zero-order valence-electron chi connectivity index (χ0n) is 15.5. The predicted molar refractivity (Wildman–Crippen MR) is 110 cm³/mol. The first-order valence-electron chi connectivity index (χ1n) is 9.28. The summed E-state index contributed by atoms with van der Waals surface area (Å²) in [5.41, 5.74) is 3.44. The Morgan fingerprint density at radius 2 is 1.96 bits per heavy atom. The maximum Gasteiger partial charge on any atom is 0.145 e. The van der Waals surface area contributed by atoms with Gasteiger partial charge in [0.2, 0.25) is 0 Å². The van der Waals surface area contributed by atoms with Crippen molar-refractivity contribution < 1.29 is 4.74 Å². The fourth-order valence-electron chi connectivity index (χ4n) is 3.48. The fraction of sp³-hybridized carbons (Fsp3) is 0.333. The van der Waals surface area contributed by atoms with Gasteiger partial charge < -0.3 is 9.64 Å². The number of hydrogen-bond acceptors (Lipinski definition) is 6. The molecule has 0 aliphatic carbocycles. The second-order valence-corrected chi connectivity index (χ2v) is 7.53. The lowest BCUT2D eigenvalue weighted by molar-refractivity contribution is 0.282. The Balaban J connectivity index is 1.40. The largest absolute Gasteiger partial charge is 0.494 e. The molecular formula is C21H24N4OS. The molecule has 1 saturated heterocycles. The highest BCUT2D eigenvalue weighted by molar-refractivity contribution is 7.13. The molecular weight excluding hydrogens is 356 g/mol. The lowest BCUT2D eigenvalue weighted by Crippen LogP contribution is -2.30. The van der Waals surface area contributed by atoms with Gasteiger partial charge in [-0.3, -0.25) is 9.88 Å². The number of thiazole rings is 1. The topological polar surface area (TPSA) is 41.5 Å². The lowest BCUT2D eigenvalue weighted by Gasteiger charge is -2.24. The van der Waals surface area contributed by atoms with Crippen LogP contribution in [0.15, 0.2) is 54.2 Å². The van der Waals surface area contributed by atoms with Crippen molar-refractivity contribution in [1.29, 1.82) is 0 Å². The fourth-order valence-corrected chi connectivity index (χ4v) is 4.29. The van der Waals surface area contributed by atoms with Gasteiger partial charge in [-0.25, -0.2) is 4.98 Å². The van der Waals surface area contributed by atoms with Gasteiger partial charge in [0.05, 0.1) is 24.7 Å². The quantitative estimate of drug-likeness (QED) is 0.671. The van der Waals surface area contributed by atoms with Gasteiger partial charge >= 0.3 is 0 Å². The Bertz CT molecular complexity index is 867. The van der Waals surface area contributed by atoms with Crippen molar-refractivity contribution in [3.63, 3.8) is 0 Å². The number of benzene rings is 1. The number of methoxy groups -OCH3 is 1. The zero-order valence-corrected chi connectivity index (χ0v) is 16.4. The maximum absolute atomic E-state index is 5.50. The Morgan fingerprint density at radius 3 is 2.81 bits per heavy atom. The van der Waals surface area contributed by atoms with E-state index in [2.05, 4.69) is 44.4 Å². The minimum absolute atomic E-state index is 0.894. The van der Waals surface area contributed by atoms with Crippen LogP contribution >= 0.6 is 11.3 Å². The SMILES string of the molecule is COc1ccncc1N1CCCN(Cc2csc(-c3ccccc3)n2)CC1. The molecule has 1 aliphatic heterocycles. The van der Waals surface area contributed by atoms with E-state index in [1.165, 1.54) is 5.56 Å². The van der Waals surface area contributed by atoms with E-state index in [1.54, 1.807) is 24.6 Å². The van der Waals surface area contributed by atoms with Crippen LogP contribution in [0.3, 0.4) is 0 Å². The summed E-state index contributed by atoms with van der Waals surface area (Å²) < 4.78 is 5.50. The summed E-state index contributed by atoms with van der Waals surface area (Å²) in [5.74, 6) is 0.894. The maximum atomic E-state index is 5.50. The Morgan fingerprint density at radius 1 is 1.07 bits per heavy atom. The number of nitrogens with zero attached hydrogens (tertiary/aromatic N) is 4. The summed E-state index contributed by atoms with van der Waals surface area (Å²) in [6.45, 7) is 4.98. The van der Waals surface area contributed by atoms with Crippen molar-refractivity contribution in [3.05, 3.63) is 59.9 Å². The molecule has 0 radical (unpaired) electrons. The molecule has 0 saturated carbocycles. The van der Waals surface area contributed by atoms with Crippen LogP contribution in [0.2, 0.25) is 0 Å². The van der Waals surface area contributed by atoms with Crippen LogP contribution in [0.5, 0.6) is 5.75 Å². The van der Waals surface area contributed by atoms with E-state index < -0.39 is 0 Å². The smallest absolute Gasteiger partial charge is 0.145 e. The molecule has 0 spiro atoms. The van der Waals surface area contributed by atoms with Gasteiger partial charge in [-0.05, 0) is 6.42 Å². The third kappa shape index (κ3) is 4.28. The number of pyridine rings is 1. The van der Waals surface area contributed by atoms with Gasteiger partial charge in [0.15, 0.2) is 0 Å². The molecule has 3 heterocycles. The van der Waals surface area contributed by atoms with Gasteiger partial charge in [0.25, 0.3) is 0 Å². The number of hydrogen-bond donors (Lipinski definition) is 0. The van der Waals surface area contributed by atoms with Gasteiger partial charge in [-0.1, -0.05) is 30.3 Å². The molecule has 4 rings (SSSR count). The summed E-state index contributed by atoms with van der Waals surface area (Å²) in [6.07, 6.45) is 4.80. The molecule has 1 aliphatic rings. The van der Waals surface area contributed by atoms with E-state index in [9.17, 15) is 0 Å². The van der Waals surface area contributed by atoms with E-state index in [-0.39, 0.29) is 0 Å². The van der Waals surface area contributed by atoms with Crippen LogP contribution in [0.4, 0.5) is 5.69 Å². The summed E-state index contributed by atoms with van der Waals surface area (Å²) in [6, 6.07) is 12.3. The third-order valence-electron chi connectivity index (χ3n) is 4.87. The third-order valence-corrected chi connectivity index (χ3v) is 5.81. The standard InChI is InChI=1S/C21H24N4OS/c1-26-20-8-9-22-14-19(20)25-11-5-10-24(12-13-25)15-18-16-27-21(23-18)17-6-3-2-4-7-17/h2-4,6-9,14,16H,5,10-13,15H2,1H3. The first kappa shape index (κ1) is 17.9. The summed E-state index contributed by atoms with van der Waals surface area (Å²) in [4.78, 5) is 14.0. The molecule has 1 fully saturated rings. The van der Waals surface area contributed by atoms with Gasteiger partial charge in [0.1, 0.15) is 10.8 Å². The molecule has 0 bridgehead atoms. The van der Waals surface area contributed by atoms with Crippen molar-refractivity contribution in [2.75, 3.05) is 38.2 Å². The highest BCUT2D eigenvalue weighted by Crippen LogP contribution is 2.28. The van der Waals surface area contributed by atoms with Gasteiger partial charge in [-0.2, -0.15) is 0 Å². The van der Waals surface area contributed by atoms with Crippen LogP contribution in [-0.4, -0.2) is 48.2 Å². The van der Waals surface area contributed by atoms with E-state index in [4.69, 9.17) is 9.72 Å². The summed E-state index contributed by atoms with van der Waals surface area (Å²) in [7, 11) is 1.72. The van der Waals surface area contributed by atoms with Crippen LogP contribution in [-0.2, 0) is 6.54 Å². The zero-order chi connectivity index (χ0) is 18.5.